The number of methoxy groups -OCH3 is 1. The summed E-state index contributed by atoms with van der Waals surface area (Å²) in [6.45, 7) is 5.01. The van der Waals surface area contributed by atoms with Crippen molar-refractivity contribution in [1.29, 1.82) is 0 Å². The first-order valence-corrected chi connectivity index (χ1v) is 11.1. The van der Waals surface area contributed by atoms with Crippen LogP contribution in [0, 0.1) is 0 Å². The highest BCUT2D eigenvalue weighted by Crippen LogP contribution is 2.23. The molecule has 2 aromatic carbocycles. The lowest BCUT2D eigenvalue weighted by Crippen LogP contribution is -2.37. The summed E-state index contributed by atoms with van der Waals surface area (Å²) >= 11 is 0. The zero-order chi connectivity index (χ0) is 22.2. The number of nitrogens with one attached hydrogen (secondary N) is 2. The van der Waals surface area contributed by atoms with Gasteiger partial charge in [0.15, 0.2) is 0 Å². The van der Waals surface area contributed by atoms with E-state index in [-0.39, 0.29) is 0 Å². The zero-order valence-corrected chi connectivity index (χ0v) is 18.7. The highest BCUT2D eigenvalue weighted by Gasteiger charge is 2.17. The summed E-state index contributed by atoms with van der Waals surface area (Å²) in [5.41, 5.74) is 3.12. The normalized spacial score (nSPS) is 13.6. The van der Waals surface area contributed by atoms with Crippen LogP contribution in [0.2, 0.25) is 0 Å². The number of nitrogens with zero attached hydrogens (tertiary/aromatic N) is 4. The van der Waals surface area contributed by atoms with E-state index in [1.165, 1.54) is 18.4 Å². The molecule has 8 heteroatoms. The monoisotopic (exact) mass is 434 g/mol. The Morgan fingerprint density at radius 3 is 2.34 bits per heavy atom. The second-order valence-electron chi connectivity index (χ2n) is 7.66. The van der Waals surface area contributed by atoms with Crippen LogP contribution in [-0.4, -0.2) is 48.4 Å². The minimum absolute atomic E-state index is 0.469. The van der Waals surface area contributed by atoms with Gasteiger partial charge in [0.2, 0.25) is 17.8 Å². The summed E-state index contributed by atoms with van der Waals surface area (Å²) < 4.78 is 10.8. The van der Waals surface area contributed by atoms with Gasteiger partial charge in [0.1, 0.15) is 5.75 Å². The van der Waals surface area contributed by atoms with Gasteiger partial charge in [0.25, 0.3) is 0 Å². The van der Waals surface area contributed by atoms with E-state index in [1.54, 1.807) is 7.11 Å². The van der Waals surface area contributed by atoms with Gasteiger partial charge in [-0.15, -0.1) is 0 Å². The first-order valence-electron chi connectivity index (χ1n) is 11.1. The molecule has 3 aromatic rings. The van der Waals surface area contributed by atoms with Crippen LogP contribution >= 0.6 is 0 Å². The maximum atomic E-state index is 5.48. The Hall–Kier alpha value is -3.39. The van der Waals surface area contributed by atoms with Crippen LogP contribution in [0.3, 0.4) is 0 Å². The average Bonchev–Trinajstić information content (AvgIpc) is 2.84. The molecular weight excluding hydrogens is 404 g/mol. The predicted octanol–water partition coefficient (Wildman–Crippen LogP) is 4.55. The number of hydrogen-bond donors (Lipinski definition) is 2. The number of aromatic nitrogens is 3. The lowest BCUT2D eigenvalue weighted by molar-refractivity contribution is 0.122. The van der Waals surface area contributed by atoms with Crippen LogP contribution in [0.1, 0.15) is 25.3 Å². The van der Waals surface area contributed by atoms with Crippen molar-refractivity contribution < 1.29 is 9.47 Å². The number of hydrogen-bond acceptors (Lipinski definition) is 8. The molecule has 2 N–H and O–H groups in total. The third kappa shape index (κ3) is 5.85. The molecule has 1 saturated heterocycles. The molecule has 1 aromatic heterocycles. The van der Waals surface area contributed by atoms with Crippen molar-refractivity contribution >= 4 is 29.2 Å². The van der Waals surface area contributed by atoms with Crippen LogP contribution in [0.25, 0.3) is 0 Å². The zero-order valence-electron chi connectivity index (χ0n) is 18.7. The molecule has 0 bridgehead atoms. The molecule has 0 radical (unpaired) electrons. The molecule has 0 atom stereocenters. The number of aryl methyl sites for hydroxylation is 1. The van der Waals surface area contributed by atoms with Gasteiger partial charge in [-0.2, -0.15) is 15.0 Å². The molecule has 0 amide bonds. The summed E-state index contributed by atoms with van der Waals surface area (Å²) in [5.74, 6) is 2.35. The number of morpholine rings is 1. The van der Waals surface area contributed by atoms with E-state index in [1.807, 2.05) is 24.3 Å². The van der Waals surface area contributed by atoms with Crippen molar-refractivity contribution in [3.8, 4) is 5.75 Å². The van der Waals surface area contributed by atoms with E-state index in [2.05, 4.69) is 61.7 Å². The first kappa shape index (κ1) is 21.8. The quantitative estimate of drug-likeness (QED) is 0.508. The van der Waals surface area contributed by atoms with E-state index in [0.29, 0.717) is 31.1 Å². The summed E-state index contributed by atoms with van der Waals surface area (Å²) in [6, 6.07) is 16.1. The number of rotatable bonds is 9. The molecule has 4 rings (SSSR count). The third-order valence-corrected chi connectivity index (χ3v) is 5.27. The molecule has 168 valence electrons. The van der Waals surface area contributed by atoms with E-state index in [0.717, 1.165) is 36.6 Å². The maximum Gasteiger partial charge on any atom is 0.233 e. The predicted molar refractivity (Wildman–Crippen MR) is 127 cm³/mol. The van der Waals surface area contributed by atoms with E-state index in [9.17, 15) is 0 Å². The van der Waals surface area contributed by atoms with E-state index >= 15 is 0 Å². The fraction of sp³-hybridized carbons (Fsp3) is 0.375. The molecule has 0 spiro atoms. The summed E-state index contributed by atoms with van der Waals surface area (Å²) in [6.07, 6.45) is 3.49. The fourth-order valence-electron chi connectivity index (χ4n) is 3.48. The van der Waals surface area contributed by atoms with Gasteiger partial charge in [-0.3, -0.25) is 0 Å². The van der Waals surface area contributed by atoms with Crippen LogP contribution in [0.5, 0.6) is 5.75 Å². The van der Waals surface area contributed by atoms with Gasteiger partial charge >= 0.3 is 0 Å². The van der Waals surface area contributed by atoms with Gasteiger partial charge < -0.3 is 25.0 Å². The van der Waals surface area contributed by atoms with Crippen molar-refractivity contribution in [2.45, 2.75) is 26.2 Å². The fourth-order valence-corrected chi connectivity index (χ4v) is 3.48. The number of ether oxygens (including phenoxy) is 2. The van der Waals surface area contributed by atoms with E-state index in [4.69, 9.17) is 9.47 Å². The Labute approximate surface area is 189 Å². The van der Waals surface area contributed by atoms with Crippen LogP contribution < -0.4 is 20.3 Å². The topological polar surface area (TPSA) is 84.4 Å². The Kier molecular flexibility index (Phi) is 7.34. The molecule has 1 aliphatic rings. The SMILES string of the molecule is CCCCc1ccc(Nc2nc(Nc3cccc(OC)c3)nc(N3CCOCC3)n2)cc1. The maximum absolute atomic E-state index is 5.48. The molecule has 2 heterocycles. The summed E-state index contributed by atoms with van der Waals surface area (Å²) in [4.78, 5) is 16.0. The van der Waals surface area contributed by atoms with E-state index < -0.39 is 0 Å². The minimum Gasteiger partial charge on any atom is -0.497 e. The molecule has 8 nitrogen and oxygen atoms in total. The summed E-state index contributed by atoms with van der Waals surface area (Å²) in [7, 11) is 1.65. The van der Waals surface area contributed by atoms with Crippen LogP contribution in [0.4, 0.5) is 29.2 Å². The Morgan fingerprint density at radius 1 is 0.938 bits per heavy atom. The Morgan fingerprint density at radius 2 is 1.66 bits per heavy atom. The van der Waals surface area contributed by atoms with Gasteiger partial charge in [-0.25, -0.2) is 0 Å². The molecule has 1 fully saturated rings. The number of anilines is 5. The largest absolute Gasteiger partial charge is 0.497 e. The molecule has 0 saturated carbocycles. The molecular formula is C24H30N6O2. The third-order valence-electron chi connectivity index (χ3n) is 5.27. The number of unbranched alkanes of at least 4 members (excludes halogenated alkanes) is 1. The molecule has 0 unspecified atom stereocenters. The molecule has 32 heavy (non-hydrogen) atoms. The molecule has 1 aliphatic heterocycles. The van der Waals surface area contributed by atoms with Crippen molar-refractivity contribution in [1.82, 2.24) is 15.0 Å². The lowest BCUT2D eigenvalue weighted by Gasteiger charge is -2.27. The van der Waals surface area contributed by atoms with Crippen molar-refractivity contribution in [3.05, 3.63) is 54.1 Å². The van der Waals surface area contributed by atoms with Crippen molar-refractivity contribution in [2.75, 3.05) is 48.9 Å². The highest BCUT2D eigenvalue weighted by molar-refractivity contribution is 5.60. The lowest BCUT2D eigenvalue weighted by atomic mass is 10.1. The van der Waals surface area contributed by atoms with Gasteiger partial charge in [-0.1, -0.05) is 31.5 Å². The smallest absolute Gasteiger partial charge is 0.233 e. The van der Waals surface area contributed by atoms with Crippen LogP contribution in [0.15, 0.2) is 48.5 Å². The average molecular weight is 435 g/mol. The standard InChI is InChI=1S/C24H30N6O2/c1-3-4-6-18-9-11-19(12-10-18)25-22-27-23(26-20-7-5-8-21(17-20)31-2)29-24(28-22)30-13-15-32-16-14-30/h5,7-12,17H,3-4,6,13-16H2,1-2H3,(H2,25,26,27,28,29). The van der Waals surface area contributed by atoms with Gasteiger partial charge in [-0.05, 0) is 42.7 Å². The molecule has 0 aliphatic carbocycles. The Balaban J connectivity index is 1.57. The summed E-state index contributed by atoms with van der Waals surface area (Å²) in [5, 5.41) is 6.61. The first-order chi connectivity index (χ1) is 15.7. The second kappa shape index (κ2) is 10.8. The van der Waals surface area contributed by atoms with Gasteiger partial charge in [0.05, 0.1) is 20.3 Å². The minimum atomic E-state index is 0.469. The highest BCUT2D eigenvalue weighted by atomic mass is 16.5. The van der Waals surface area contributed by atoms with Gasteiger partial charge in [0, 0.05) is 30.5 Å². The van der Waals surface area contributed by atoms with Crippen LogP contribution in [-0.2, 0) is 11.2 Å². The Bertz CT molecular complexity index is 1010. The number of benzene rings is 2. The van der Waals surface area contributed by atoms with Crippen molar-refractivity contribution in [3.63, 3.8) is 0 Å². The van der Waals surface area contributed by atoms with Crippen molar-refractivity contribution in [2.24, 2.45) is 0 Å². The second-order valence-corrected chi connectivity index (χ2v) is 7.66.